The zero-order chi connectivity index (χ0) is 24.1. The van der Waals surface area contributed by atoms with Crippen molar-refractivity contribution in [3.8, 4) is 0 Å². The van der Waals surface area contributed by atoms with Crippen molar-refractivity contribution >= 4 is 6.08 Å². The Morgan fingerprint density at radius 3 is 2.15 bits per heavy atom. The van der Waals surface area contributed by atoms with E-state index < -0.39 is 11.6 Å². The van der Waals surface area contributed by atoms with Crippen molar-refractivity contribution in [3.05, 3.63) is 76.1 Å². The smallest absolute Gasteiger partial charge is 0.166 e. The molecule has 3 heteroatoms. The largest absolute Gasteiger partial charge is 0.207 e. The Morgan fingerprint density at radius 2 is 1.50 bits per heavy atom. The van der Waals surface area contributed by atoms with Gasteiger partial charge in [0.1, 0.15) is 5.82 Å². The number of rotatable bonds is 7. The van der Waals surface area contributed by atoms with Crippen LogP contribution in [-0.2, 0) is 6.42 Å². The van der Waals surface area contributed by atoms with Crippen LogP contribution in [0.1, 0.15) is 112 Å². The summed E-state index contributed by atoms with van der Waals surface area (Å²) in [5, 5.41) is 0. The van der Waals surface area contributed by atoms with E-state index in [1.807, 2.05) is 25.1 Å². The fourth-order valence-electron chi connectivity index (χ4n) is 6.18. The Kier molecular flexibility index (Phi) is 8.55. The van der Waals surface area contributed by atoms with Gasteiger partial charge in [0.15, 0.2) is 11.6 Å². The van der Waals surface area contributed by atoms with Crippen LogP contribution in [0, 0.1) is 29.3 Å². The molecule has 0 heterocycles. The van der Waals surface area contributed by atoms with E-state index in [1.165, 1.54) is 12.8 Å². The number of aryl methyl sites for hydroxylation is 1. The molecular weight excluding hydrogens is 429 g/mol. The van der Waals surface area contributed by atoms with Gasteiger partial charge in [-0.15, -0.1) is 0 Å². The van der Waals surface area contributed by atoms with Crippen LogP contribution >= 0.6 is 0 Å². The molecule has 2 aromatic rings. The van der Waals surface area contributed by atoms with Crippen LogP contribution in [0.5, 0.6) is 0 Å². The molecule has 0 spiro atoms. The second-order valence-corrected chi connectivity index (χ2v) is 10.6. The van der Waals surface area contributed by atoms with E-state index >= 15 is 0 Å². The van der Waals surface area contributed by atoms with E-state index in [0.717, 1.165) is 68.4 Å². The van der Waals surface area contributed by atoms with Crippen molar-refractivity contribution < 1.29 is 13.2 Å². The van der Waals surface area contributed by atoms with Gasteiger partial charge in [-0.1, -0.05) is 63.1 Å². The molecule has 2 aliphatic carbocycles. The highest BCUT2D eigenvalue weighted by atomic mass is 19.2. The maximum absolute atomic E-state index is 14.9. The Hall–Kier alpha value is -2.03. The van der Waals surface area contributed by atoms with E-state index in [4.69, 9.17) is 0 Å². The minimum atomic E-state index is -0.704. The molecule has 0 bridgehead atoms. The molecule has 4 rings (SSSR count). The van der Waals surface area contributed by atoms with Gasteiger partial charge in [0.25, 0.3) is 0 Å². The molecule has 2 aliphatic rings. The van der Waals surface area contributed by atoms with Crippen LogP contribution in [0.4, 0.5) is 13.2 Å². The molecule has 0 atom stereocenters. The van der Waals surface area contributed by atoms with E-state index in [-0.39, 0.29) is 11.7 Å². The minimum absolute atomic E-state index is 0.100. The highest BCUT2D eigenvalue weighted by Gasteiger charge is 2.26. The number of hydrogen-bond donors (Lipinski definition) is 0. The summed E-state index contributed by atoms with van der Waals surface area (Å²) in [6, 6.07) is 9.25. The molecular formula is C31H39F3. The fraction of sp³-hybridized carbons (Fsp3) is 0.548. The highest BCUT2D eigenvalue weighted by molar-refractivity contribution is 5.52. The quantitative estimate of drug-likeness (QED) is 0.379. The minimum Gasteiger partial charge on any atom is -0.207 e. The molecule has 2 fully saturated rings. The van der Waals surface area contributed by atoms with Gasteiger partial charge in [-0.2, -0.15) is 0 Å². The number of benzene rings is 2. The van der Waals surface area contributed by atoms with Gasteiger partial charge < -0.3 is 0 Å². The lowest BCUT2D eigenvalue weighted by Crippen LogP contribution is -2.15. The molecule has 0 N–H and O–H groups in total. The molecule has 184 valence electrons. The molecule has 0 amide bonds. The second-order valence-electron chi connectivity index (χ2n) is 10.6. The molecule has 34 heavy (non-hydrogen) atoms. The summed E-state index contributed by atoms with van der Waals surface area (Å²) < 4.78 is 44.0. The number of allylic oxidation sites excluding steroid dienone is 1. The average Bonchev–Trinajstić information content (AvgIpc) is 2.86. The summed E-state index contributed by atoms with van der Waals surface area (Å²) in [6.45, 7) is 4.18. The standard InChI is InChI=1S/C31H39F3/c1-3-5-21-8-13-25(14-9-21)28-19-18-26(30(33)31(28)34)15-10-22-6-11-24(12-7-22)27-17-16-23(4-2)29(32)20-27/h10,15-22,24-25H,3-9,11-14H2,1-2H3. The predicted octanol–water partition coefficient (Wildman–Crippen LogP) is 9.73. The highest BCUT2D eigenvalue weighted by Crippen LogP contribution is 2.40. The normalized spacial score (nSPS) is 25.7. The van der Waals surface area contributed by atoms with Crippen LogP contribution in [0.15, 0.2) is 36.4 Å². The van der Waals surface area contributed by atoms with Gasteiger partial charge in [0.2, 0.25) is 0 Å². The third kappa shape index (κ3) is 5.78. The topological polar surface area (TPSA) is 0 Å². The van der Waals surface area contributed by atoms with E-state index in [0.29, 0.717) is 29.4 Å². The summed E-state index contributed by atoms with van der Waals surface area (Å²) >= 11 is 0. The third-order valence-electron chi connectivity index (χ3n) is 8.37. The molecule has 0 unspecified atom stereocenters. The number of hydrogen-bond acceptors (Lipinski definition) is 0. The molecule has 0 aliphatic heterocycles. The first-order valence-corrected chi connectivity index (χ1v) is 13.4. The molecule has 0 nitrogen and oxygen atoms in total. The monoisotopic (exact) mass is 468 g/mol. The third-order valence-corrected chi connectivity index (χ3v) is 8.37. The fourth-order valence-corrected chi connectivity index (χ4v) is 6.18. The molecule has 0 saturated heterocycles. The predicted molar refractivity (Wildman–Crippen MR) is 135 cm³/mol. The molecule has 2 aromatic carbocycles. The van der Waals surface area contributed by atoms with Gasteiger partial charge in [-0.3, -0.25) is 0 Å². The molecule has 0 radical (unpaired) electrons. The van der Waals surface area contributed by atoms with E-state index in [1.54, 1.807) is 18.2 Å². The Morgan fingerprint density at radius 1 is 0.794 bits per heavy atom. The maximum Gasteiger partial charge on any atom is 0.166 e. The Bertz CT molecular complexity index is 976. The lowest BCUT2D eigenvalue weighted by Gasteiger charge is -2.29. The van der Waals surface area contributed by atoms with Gasteiger partial charge in [0, 0.05) is 5.56 Å². The summed E-state index contributed by atoms with van der Waals surface area (Å²) in [4.78, 5) is 0. The van der Waals surface area contributed by atoms with Crippen molar-refractivity contribution in [2.24, 2.45) is 11.8 Å². The Labute approximate surface area is 203 Å². The first-order valence-electron chi connectivity index (χ1n) is 13.4. The number of halogens is 3. The lowest BCUT2D eigenvalue weighted by molar-refractivity contribution is 0.303. The van der Waals surface area contributed by atoms with E-state index in [9.17, 15) is 13.2 Å². The maximum atomic E-state index is 14.9. The first-order chi connectivity index (χ1) is 16.5. The molecule has 2 saturated carbocycles. The van der Waals surface area contributed by atoms with Crippen molar-refractivity contribution in [1.82, 2.24) is 0 Å². The van der Waals surface area contributed by atoms with Gasteiger partial charge in [0.05, 0.1) is 0 Å². The van der Waals surface area contributed by atoms with Crippen molar-refractivity contribution in [3.63, 3.8) is 0 Å². The van der Waals surface area contributed by atoms with Crippen molar-refractivity contribution in [1.29, 1.82) is 0 Å². The second kappa shape index (κ2) is 11.6. The summed E-state index contributed by atoms with van der Waals surface area (Å²) in [5.74, 6) is 0.176. The van der Waals surface area contributed by atoms with Crippen LogP contribution < -0.4 is 0 Å². The van der Waals surface area contributed by atoms with Crippen LogP contribution in [0.2, 0.25) is 0 Å². The summed E-state index contributed by atoms with van der Waals surface area (Å²) in [5.41, 5.74) is 2.76. The first kappa shape index (κ1) is 25.1. The molecule has 0 aromatic heterocycles. The van der Waals surface area contributed by atoms with Gasteiger partial charge >= 0.3 is 0 Å². The van der Waals surface area contributed by atoms with Crippen molar-refractivity contribution in [2.75, 3.05) is 0 Å². The summed E-state index contributed by atoms with van der Waals surface area (Å²) in [6.07, 6.45) is 15.1. The van der Waals surface area contributed by atoms with Crippen molar-refractivity contribution in [2.45, 2.75) is 96.3 Å². The average molecular weight is 469 g/mol. The zero-order valence-corrected chi connectivity index (χ0v) is 20.8. The van der Waals surface area contributed by atoms with Crippen LogP contribution in [-0.4, -0.2) is 0 Å². The van der Waals surface area contributed by atoms with Gasteiger partial charge in [-0.25, -0.2) is 13.2 Å². The lowest BCUT2D eigenvalue weighted by atomic mass is 9.77. The summed E-state index contributed by atoms with van der Waals surface area (Å²) in [7, 11) is 0. The zero-order valence-electron chi connectivity index (χ0n) is 20.8. The van der Waals surface area contributed by atoms with E-state index in [2.05, 4.69) is 13.0 Å². The van der Waals surface area contributed by atoms with Crippen LogP contribution in [0.3, 0.4) is 0 Å². The van der Waals surface area contributed by atoms with Gasteiger partial charge in [-0.05, 0) is 104 Å². The van der Waals surface area contributed by atoms with Crippen LogP contribution in [0.25, 0.3) is 6.08 Å². The Balaban J connectivity index is 1.34. The SMILES string of the molecule is CCCC1CCC(c2ccc(C=CC3CCC(c4ccc(CC)c(F)c4)CC3)c(F)c2F)CC1.